The van der Waals surface area contributed by atoms with Crippen LogP contribution in [-0.2, 0) is 6.42 Å². The zero-order valence-corrected chi connectivity index (χ0v) is 10.1. The number of rotatable bonds is 2. The van der Waals surface area contributed by atoms with Gasteiger partial charge in [0.05, 0.1) is 0 Å². The fraction of sp³-hybridized carbons (Fsp3) is 0.600. The van der Waals surface area contributed by atoms with Crippen LogP contribution in [0.5, 0.6) is 0 Å². The molecule has 72 valence electrons. The molecule has 0 atom stereocenters. The lowest BCUT2D eigenvalue weighted by Gasteiger charge is -2.11. The minimum atomic E-state index is 0.472. The minimum absolute atomic E-state index is 0.472. The van der Waals surface area contributed by atoms with E-state index in [1.807, 2.05) is 6.92 Å². The molecule has 0 saturated heterocycles. The molecule has 0 bridgehead atoms. The van der Waals surface area contributed by atoms with Crippen molar-refractivity contribution in [3.63, 3.8) is 0 Å². The minimum Gasteiger partial charge on any atom is -0.238 e. The number of aryl methyl sites for hydroxylation is 2. The Bertz CT molecular complexity index is 285. The zero-order valence-electron chi connectivity index (χ0n) is 8.56. The molecule has 13 heavy (non-hydrogen) atoms. The molecule has 1 rings (SSSR count). The Hall–Kier alpha value is -0.440. The summed E-state index contributed by atoms with van der Waals surface area (Å²) in [7, 11) is 0. The standard InChI is InChI=1S/C10H15BrN2/c1-5-8-12-7(4)9(6(2)3)10(11)13-8/h6H,5H2,1-4H3. The van der Waals surface area contributed by atoms with Crippen LogP contribution in [0, 0.1) is 6.92 Å². The summed E-state index contributed by atoms with van der Waals surface area (Å²) in [6, 6.07) is 0. The SMILES string of the molecule is CCc1nc(C)c(C(C)C)c(Br)n1. The van der Waals surface area contributed by atoms with Gasteiger partial charge in [0.15, 0.2) is 0 Å². The summed E-state index contributed by atoms with van der Waals surface area (Å²) in [4.78, 5) is 8.81. The van der Waals surface area contributed by atoms with Gasteiger partial charge >= 0.3 is 0 Å². The molecule has 0 aromatic carbocycles. The fourth-order valence-electron chi connectivity index (χ4n) is 1.42. The highest BCUT2D eigenvalue weighted by molar-refractivity contribution is 9.10. The number of aromatic nitrogens is 2. The van der Waals surface area contributed by atoms with Gasteiger partial charge in [-0.15, -0.1) is 0 Å². The lowest BCUT2D eigenvalue weighted by molar-refractivity contribution is 0.793. The van der Waals surface area contributed by atoms with Gasteiger partial charge in [-0.05, 0) is 28.8 Å². The average Bonchev–Trinajstić information content (AvgIpc) is 2.02. The van der Waals surface area contributed by atoms with Crippen molar-refractivity contribution in [2.45, 2.75) is 40.0 Å². The van der Waals surface area contributed by atoms with Crippen LogP contribution in [0.15, 0.2) is 4.60 Å². The summed E-state index contributed by atoms with van der Waals surface area (Å²) in [6.45, 7) is 8.42. The largest absolute Gasteiger partial charge is 0.238 e. The van der Waals surface area contributed by atoms with Crippen molar-refractivity contribution in [2.75, 3.05) is 0 Å². The van der Waals surface area contributed by atoms with Crippen LogP contribution in [0.3, 0.4) is 0 Å². The number of hydrogen-bond donors (Lipinski definition) is 0. The summed E-state index contributed by atoms with van der Waals surface area (Å²) in [6.07, 6.45) is 0.887. The van der Waals surface area contributed by atoms with Gasteiger partial charge < -0.3 is 0 Å². The van der Waals surface area contributed by atoms with E-state index in [0.29, 0.717) is 5.92 Å². The summed E-state index contributed by atoms with van der Waals surface area (Å²) >= 11 is 3.49. The predicted octanol–water partition coefficient (Wildman–Crippen LogP) is 3.23. The monoisotopic (exact) mass is 242 g/mol. The van der Waals surface area contributed by atoms with Crippen LogP contribution in [0.25, 0.3) is 0 Å². The summed E-state index contributed by atoms with van der Waals surface area (Å²) in [5.74, 6) is 1.38. The van der Waals surface area contributed by atoms with Crippen molar-refractivity contribution in [3.05, 3.63) is 21.7 Å². The van der Waals surface area contributed by atoms with Crippen LogP contribution in [-0.4, -0.2) is 9.97 Å². The van der Waals surface area contributed by atoms with E-state index >= 15 is 0 Å². The molecule has 1 heterocycles. The Balaban J connectivity index is 3.23. The summed E-state index contributed by atoms with van der Waals surface area (Å²) in [5, 5.41) is 0. The highest BCUT2D eigenvalue weighted by Crippen LogP contribution is 2.25. The van der Waals surface area contributed by atoms with Crippen molar-refractivity contribution < 1.29 is 0 Å². The molecule has 0 saturated carbocycles. The van der Waals surface area contributed by atoms with Gasteiger partial charge in [-0.1, -0.05) is 20.8 Å². The molecule has 0 N–H and O–H groups in total. The lowest BCUT2D eigenvalue weighted by Crippen LogP contribution is -2.03. The zero-order chi connectivity index (χ0) is 10.0. The molecule has 0 spiro atoms. The first kappa shape index (κ1) is 10.6. The van der Waals surface area contributed by atoms with E-state index in [0.717, 1.165) is 22.5 Å². The molecule has 0 aliphatic carbocycles. The molecule has 3 heteroatoms. The van der Waals surface area contributed by atoms with E-state index in [9.17, 15) is 0 Å². The van der Waals surface area contributed by atoms with Crippen LogP contribution in [0.2, 0.25) is 0 Å². The molecule has 2 nitrogen and oxygen atoms in total. The molecular weight excluding hydrogens is 228 g/mol. The summed E-state index contributed by atoms with van der Waals surface area (Å²) in [5.41, 5.74) is 2.31. The average molecular weight is 243 g/mol. The molecule has 0 unspecified atom stereocenters. The third-order valence-electron chi connectivity index (χ3n) is 2.03. The maximum absolute atomic E-state index is 4.43. The Kier molecular flexibility index (Phi) is 3.42. The number of nitrogens with zero attached hydrogens (tertiary/aromatic N) is 2. The van der Waals surface area contributed by atoms with Gasteiger partial charge in [0.2, 0.25) is 0 Å². The Morgan fingerprint density at radius 1 is 1.31 bits per heavy atom. The van der Waals surface area contributed by atoms with Gasteiger partial charge in [-0.3, -0.25) is 0 Å². The van der Waals surface area contributed by atoms with Gasteiger partial charge in [-0.2, -0.15) is 0 Å². The normalized spacial score (nSPS) is 10.9. The first-order valence-corrected chi connectivity index (χ1v) is 5.38. The Labute approximate surface area is 87.9 Å². The molecule has 0 radical (unpaired) electrons. The van der Waals surface area contributed by atoms with E-state index in [-0.39, 0.29) is 0 Å². The van der Waals surface area contributed by atoms with E-state index < -0.39 is 0 Å². The van der Waals surface area contributed by atoms with E-state index in [1.165, 1.54) is 5.56 Å². The lowest BCUT2D eigenvalue weighted by atomic mass is 10.0. The first-order valence-electron chi connectivity index (χ1n) is 4.59. The van der Waals surface area contributed by atoms with Crippen LogP contribution in [0.4, 0.5) is 0 Å². The molecule has 0 aliphatic heterocycles. The third-order valence-corrected chi connectivity index (χ3v) is 2.63. The molecule has 0 fully saturated rings. The molecule has 1 aromatic rings. The second kappa shape index (κ2) is 4.18. The van der Waals surface area contributed by atoms with E-state index in [2.05, 4.69) is 46.7 Å². The van der Waals surface area contributed by atoms with Crippen LogP contribution < -0.4 is 0 Å². The van der Waals surface area contributed by atoms with Crippen LogP contribution >= 0.6 is 15.9 Å². The molecule has 0 amide bonds. The first-order chi connectivity index (χ1) is 6.06. The van der Waals surface area contributed by atoms with Gasteiger partial charge in [0.25, 0.3) is 0 Å². The van der Waals surface area contributed by atoms with Gasteiger partial charge in [0, 0.05) is 17.7 Å². The summed E-state index contributed by atoms with van der Waals surface area (Å²) < 4.78 is 0.951. The van der Waals surface area contributed by atoms with E-state index in [4.69, 9.17) is 0 Å². The maximum Gasteiger partial charge on any atom is 0.129 e. The molecule has 1 aromatic heterocycles. The van der Waals surface area contributed by atoms with E-state index in [1.54, 1.807) is 0 Å². The van der Waals surface area contributed by atoms with Gasteiger partial charge in [-0.25, -0.2) is 9.97 Å². The smallest absolute Gasteiger partial charge is 0.129 e. The van der Waals surface area contributed by atoms with Crippen molar-refractivity contribution in [1.29, 1.82) is 0 Å². The topological polar surface area (TPSA) is 25.8 Å². The van der Waals surface area contributed by atoms with Crippen molar-refractivity contribution in [3.8, 4) is 0 Å². The maximum atomic E-state index is 4.43. The molecular formula is C10H15BrN2. The predicted molar refractivity (Wildman–Crippen MR) is 57.9 cm³/mol. The second-order valence-electron chi connectivity index (χ2n) is 3.44. The Morgan fingerprint density at radius 3 is 2.31 bits per heavy atom. The van der Waals surface area contributed by atoms with Crippen molar-refractivity contribution >= 4 is 15.9 Å². The third kappa shape index (κ3) is 2.27. The van der Waals surface area contributed by atoms with Crippen molar-refractivity contribution in [2.24, 2.45) is 0 Å². The quantitative estimate of drug-likeness (QED) is 0.745. The van der Waals surface area contributed by atoms with Crippen LogP contribution in [0.1, 0.15) is 43.8 Å². The fourth-order valence-corrected chi connectivity index (χ4v) is 2.37. The highest BCUT2D eigenvalue weighted by atomic mass is 79.9. The van der Waals surface area contributed by atoms with Crippen molar-refractivity contribution in [1.82, 2.24) is 9.97 Å². The second-order valence-corrected chi connectivity index (χ2v) is 4.19. The Morgan fingerprint density at radius 2 is 1.92 bits per heavy atom. The number of hydrogen-bond acceptors (Lipinski definition) is 2. The highest BCUT2D eigenvalue weighted by Gasteiger charge is 2.11. The molecule has 0 aliphatic rings. The number of halogens is 1. The van der Waals surface area contributed by atoms with Gasteiger partial charge in [0.1, 0.15) is 10.4 Å².